The van der Waals surface area contributed by atoms with Crippen LogP contribution in [0.3, 0.4) is 0 Å². The summed E-state index contributed by atoms with van der Waals surface area (Å²) < 4.78 is 18.6. The van der Waals surface area contributed by atoms with Crippen LogP contribution in [0.4, 0.5) is 4.39 Å². The Morgan fingerprint density at radius 2 is 2.09 bits per heavy atom. The van der Waals surface area contributed by atoms with Gasteiger partial charge in [-0.25, -0.2) is 4.39 Å². The molecule has 0 saturated carbocycles. The van der Waals surface area contributed by atoms with E-state index in [-0.39, 0.29) is 18.0 Å². The molecule has 2 aromatic rings. The topological polar surface area (TPSA) is 62.4 Å². The van der Waals surface area contributed by atoms with Crippen LogP contribution in [0.25, 0.3) is 11.4 Å². The van der Waals surface area contributed by atoms with Crippen LogP contribution in [-0.4, -0.2) is 39.8 Å². The molecule has 22 heavy (non-hydrogen) atoms. The summed E-state index contributed by atoms with van der Waals surface area (Å²) in [6.45, 7) is 6.16. The number of hydrogen-bond acceptors (Lipinski definition) is 5. The van der Waals surface area contributed by atoms with Crippen molar-refractivity contribution in [3.63, 3.8) is 0 Å². The van der Waals surface area contributed by atoms with Gasteiger partial charge in [0, 0.05) is 12.1 Å². The number of rotatable bonds is 6. The monoisotopic (exact) mass is 307 g/mol. The van der Waals surface area contributed by atoms with Crippen molar-refractivity contribution < 1.29 is 14.0 Å². The van der Waals surface area contributed by atoms with Gasteiger partial charge in [-0.1, -0.05) is 5.16 Å². The Morgan fingerprint density at radius 3 is 2.73 bits per heavy atom. The van der Waals surface area contributed by atoms with Crippen molar-refractivity contribution in [2.24, 2.45) is 0 Å². The first-order chi connectivity index (χ1) is 10.4. The maximum absolute atomic E-state index is 13.3. The van der Waals surface area contributed by atoms with E-state index in [0.29, 0.717) is 23.7 Å². The van der Waals surface area contributed by atoms with Crippen molar-refractivity contribution in [3.8, 4) is 11.4 Å². The molecule has 2 unspecified atom stereocenters. The van der Waals surface area contributed by atoms with Gasteiger partial charge >= 0.3 is 0 Å². The number of aliphatic hydroxyl groups is 1. The number of aliphatic hydroxyl groups excluding tert-OH is 1. The molecular weight excluding hydrogens is 285 g/mol. The van der Waals surface area contributed by atoms with E-state index >= 15 is 0 Å². The number of halogens is 1. The van der Waals surface area contributed by atoms with Crippen LogP contribution in [0, 0.1) is 12.7 Å². The summed E-state index contributed by atoms with van der Waals surface area (Å²) in [6, 6.07) is 4.69. The van der Waals surface area contributed by atoms with Crippen molar-refractivity contribution in [1.82, 2.24) is 15.0 Å². The summed E-state index contributed by atoms with van der Waals surface area (Å²) in [6.07, 6.45) is 0.342. The molecule has 1 aromatic carbocycles. The molecule has 1 aromatic heterocycles. The number of benzene rings is 1. The minimum absolute atomic E-state index is 0.0541. The van der Waals surface area contributed by atoms with Gasteiger partial charge in [-0.2, -0.15) is 4.98 Å². The molecule has 0 saturated heterocycles. The quantitative estimate of drug-likeness (QED) is 0.889. The zero-order valence-electron chi connectivity index (χ0n) is 13.4. The lowest BCUT2D eigenvalue weighted by Crippen LogP contribution is -2.26. The molecule has 0 aliphatic rings. The molecule has 1 N–H and O–H groups in total. The Morgan fingerprint density at radius 1 is 1.36 bits per heavy atom. The predicted octanol–water partition coefficient (Wildman–Crippen LogP) is 2.95. The van der Waals surface area contributed by atoms with E-state index in [4.69, 9.17) is 4.52 Å². The molecule has 0 spiro atoms. The Hall–Kier alpha value is -1.79. The highest BCUT2D eigenvalue weighted by molar-refractivity contribution is 5.55. The molecule has 0 amide bonds. The van der Waals surface area contributed by atoms with Crippen LogP contribution < -0.4 is 0 Å². The number of hydrogen-bond donors (Lipinski definition) is 1. The first-order valence-corrected chi connectivity index (χ1v) is 7.37. The fraction of sp³-hybridized carbons (Fsp3) is 0.500. The van der Waals surface area contributed by atoms with Crippen LogP contribution in [0.1, 0.15) is 37.8 Å². The molecule has 0 radical (unpaired) electrons. The van der Waals surface area contributed by atoms with Crippen molar-refractivity contribution in [1.29, 1.82) is 0 Å². The van der Waals surface area contributed by atoms with Crippen LogP contribution in [0.5, 0.6) is 0 Å². The molecule has 5 nitrogen and oxygen atoms in total. The smallest absolute Gasteiger partial charge is 0.244 e. The molecule has 0 bridgehead atoms. The average molecular weight is 307 g/mol. The SMILES string of the molecule is Cc1cc(-c2noc(C(C)N(C)CCC(C)O)n2)ccc1F. The van der Waals surface area contributed by atoms with Crippen LogP contribution >= 0.6 is 0 Å². The Balaban J connectivity index is 2.11. The molecule has 0 fully saturated rings. The summed E-state index contributed by atoms with van der Waals surface area (Å²) in [5, 5.41) is 13.3. The second-order valence-corrected chi connectivity index (χ2v) is 5.71. The standard InChI is InChI=1S/C16H22FN3O2/c1-10-9-13(5-6-14(10)17)15-18-16(22-19-15)12(3)20(4)8-7-11(2)21/h5-6,9,11-12,21H,7-8H2,1-4H3. The largest absolute Gasteiger partial charge is 0.393 e. The molecular formula is C16H22FN3O2. The Labute approximate surface area is 129 Å². The fourth-order valence-corrected chi connectivity index (χ4v) is 2.08. The third kappa shape index (κ3) is 3.90. The van der Waals surface area contributed by atoms with Crippen LogP contribution in [-0.2, 0) is 0 Å². The average Bonchev–Trinajstić information content (AvgIpc) is 2.96. The van der Waals surface area contributed by atoms with Gasteiger partial charge in [-0.15, -0.1) is 0 Å². The van der Waals surface area contributed by atoms with Gasteiger partial charge in [0.05, 0.1) is 12.1 Å². The molecule has 1 heterocycles. The minimum Gasteiger partial charge on any atom is -0.393 e. The summed E-state index contributed by atoms with van der Waals surface area (Å²) in [5.41, 5.74) is 1.28. The predicted molar refractivity (Wildman–Crippen MR) is 81.8 cm³/mol. The molecule has 2 atom stereocenters. The molecule has 2 rings (SSSR count). The molecule has 120 valence electrons. The molecule has 0 aliphatic carbocycles. The van der Waals surface area contributed by atoms with Gasteiger partial charge in [0.15, 0.2) is 0 Å². The highest BCUT2D eigenvalue weighted by Gasteiger charge is 2.19. The van der Waals surface area contributed by atoms with E-state index in [9.17, 15) is 9.50 Å². The van der Waals surface area contributed by atoms with Gasteiger partial charge in [0.1, 0.15) is 5.82 Å². The molecule has 6 heteroatoms. The zero-order chi connectivity index (χ0) is 16.3. The first-order valence-electron chi connectivity index (χ1n) is 7.37. The lowest BCUT2D eigenvalue weighted by Gasteiger charge is -2.21. The molecule has 0 aliphatic heterocycles. The Kier molecular flexibility index (Phi) is 5.26. The van der Waals surface area contributed by atoms with E-state index in [0.717, 1.165) is 12.1 Å². The van der Waals surface area contributed by atoms with Crippen molar-refractivity contribution in [3.05, 3.63) is 35.5 Å². The summed E-state index contributed by atoms with van der Waals surface area (Å²) in [5.74, 6) is 0.706. The van der Waals surface area contributed by atoms with Gasteiger partial charge in [0.2, 0.25) is 11.7 Å². The number of aryl methyl sites for hydroxylation is 1. The van der Waals surface area contributed by atoms with Gasteiger partial charge in [-0.3, -0.25) is 4.90 Å². The van der Waals surface area contributed by atoms with E-state index in [1.165, 1.54) is 6.07 Å². The number of aromatic nitrogens is 2. The van der Waals surface area contributed by atoms with E-state index < -0.39 is 0 Å². The van der Waals surface area contributed by atoms with Crippen molar-refractivity contribution >= 4 is 0 Å². The second kappa shape index (κ2) is 6.98. The third-order valence-corrected chi connectivity index (χ3v) is 3.78. The van der Waals surface area contributed by atoms with Gasteiger partial charge < -0.3 is 9.63 Å². The fourth-order valence-electron chi connectivity index (χ4n) is 2.08. The highest BCUT2D eigenvalue weighted by atomic mass is 19.1. The van der Waals surface area contributed by atoms with Crippen LogP contribution in [0.15, 0.2) is 22.7 Å². The van der Waals surface area contributed by atoms with E-state index in [1.807, 2.05) is 18.9 Å². The number of nitrogens with zero attached hydrogens (tertiary/aromatic N) is 3. The minimum atomic E-state index is -0.338. The van der Waals surface area contributed by atoms with Crippen molar-refractivity contribution in [2.45, 2.75) is 39.3 Å². The van der Waals surface area contributed by atoms with E-state index in [2.05, 4.69) is 10.1 Å². The lowest BCUT2D eigenvalue weighted by molar-refractivity contribution is 0.143. The lowest BCUT2D eigenvalue weighted by atomic mass is 10.1. The van der Waals surface area contributed by atoms with Gasteiger partial charge in [0.25, 0.3) is 0 Å². The summed E-state index contributed by atoms with van der Waals surface area (Å²) in [4.78, 5) is 6.44. The van der Waals surface area contributed by atoms with Crippen LogP contribution in [0.2, 0.25) is 0 Å². The summed E-state index contributed by atoms with van der Waals surface area (Å²) >= 11 is 0. The van der Waals surface area contributed by atoms with Gasteiger partial charge in [-0.05, 0) is 58.0 Å². The third-order valence-electron chi connectivity index (χ3n) is 3.78. The zero-order valence-corrected chi connectivity index (χ0v) is 13.4. The normalized spacial score (nSPS) is 14.3. The summed E-state index contributed by atoms with van der Waals surface area (Å²) in [7, 11) is 1.94. The Bertz CT molecular complexity index is 628. The van der Waals surface area contributed by atoms with E-state index in [1.54, 1.807) is 26.0 Å². The second-order valence-electron chi connectivity index (χ2n) is 5.71. The highest BCUT2D eigenvalue weighted by Crippen LogP contribution is 2.23. The first kappa shape index (κ1) is 16.6. The maximum atomic E-state index is 13.3. The maximum Gasteiger partial charge on any atom is 0.244 e. The van der Waals surface area contributed by atoms with Crippen molar-refractivity contribution in [2.75, 3.05) is 13.6 Å².